The number of fused-ring (bicyclic) bond motifs is 3. The quantitative estimate of drug-likeness (QED) is 0.142. The van der Waals surface area contributed by atoms with E-state index in [0.717, 1.165) is 27.6 Å². The van der Waals surface area contributed by atoms with Gasteiger partial charge in [-0.2, -0.15) is 5.26 Å². The zero-order valence-electron chi connectivity index (χ0n) is 25.2. The van der Waals surface area contributed by atoms with Crippen LogP contribution in [0.5, 0.6) is 0 Å². The zero-order chi connectivity index (χ0) is 30.9. The maximum absolute atomic E-state index is 11.0. The summed E-state index contributed by atoms with van der Waals surface area (Å²) in [7, 11) is -2.87. The zero-order valence-corrected chi connectivity index (χ0v) is 26.2. The second kappa shape index (κ2) is 11.5. The highest BCUT2D eigenvalue weighted by atomic mass is 28.3. The van der Waals surface area contributed by atoms with Gasteiger partial charge in [-0.1, -0.05) is 158 Å². The van der Waals surface area contributed by atoms with E-state index in [1.165, 1.54) is 37.4 Å². The predicted octanol–water partition coefficient (Wildman–Crippen LogP) is 7.70. The third-order valence-corrected chi connectivity index (χ3v) is 14.0. The fourth-order valence-corrected chi connectivity index (χ4v) is 12.2. The van der Waals surface area contributed by atoms with Crippen molar-refractivity contribution < 1.29 is 0 Å². The topological polar surface area (TPSA) is 28.7 Å². The molecule has 0 aliphatic carbocycles. The van der Waals surface area contributed by atoms with Crippen molar-refractivity contribution in [2.45, 2.75) is 0 Å². The van der Waals surface area contributed by atoms with Crippen LogP contribution in [0.3, 0.4) is 0 Å². The fraction of sp³-hybridized carbons (Fsp3) is 0. The van der Waals surface area contributed by atoms with E-state index in [-0.39, 0.29) is 0 Å². The summed E-state index contributed by atoms with van der Waals surface area (Å²) >= 11 is 0. The van der Waals surface area contributed by atoms with Crippen LogP contribution in [0.25, 0.3) is 38.6 Å². The Morgan fingerprint density at radius 2 is 0.891 bits per heavy atom. The van der Waals surface area contributed by atoms with Gasteiger partial charge in [0.1, 0.15) is 0 Å². The maximum atomic E-state index is 11.0. The fourth-order valence-electron chi connectivity index (χ4n) is 7.25. The second-order valence-electron chi connectivity index (χ2n) is 11.6. The van der Waals surface area contributed by atoms with Gasteiger partial charge >= 0.3 is 0 Å². The SMILES string of the molecule is N#Cc1c(-c2ccc(-n3c4ccccc4c4ccccc43)cc2)cccc1[Si](c1ccccc1)(c1ccccc1)c1ccccc1. The molecule has 8 aromatic rings. The summed E-state index contributed by atoms with van der Waals surface area (Å²) in [6, 6.07) is 67.3. The van der Waals surface area contributed by atoms with Gasteiger partial charge < -0.3 is 4.57 Å². The Kier molecular flexibility index (Phi) is 6.91. The molecule has 0 atom stereocenters. The monoisotopic (exact) mass is 602 g/mol. The summed E-state index contributed by atoms with van der Waals surface area (Å²) in [6.07, 6.45) is 0. The third kappa shape index (κ3) is 4.31. The number of hydrogen-bond donors (Lipinski definition) is 0. The average molecular weight is 603 g/mol. The van der Waals surface area contributed by atoms with Crippen LogP contribution in [0.15, 0.2) is 182 Å². The van der Waals surface area contributed by atoms with Crippen molar-refractivity contribution in [1.29, 1.82) is 5.26 Å². The van der Waals surface area contributed by atoms with Gasteiger partial charge in [0.05, 0.1) is 22.7 Å². The number of hydrogen-bond acceptors (Lipinski definition) is 1. The van der Waals surface area contributed by atoms with E-state index >= 15 is 0 Å². The molecule has 8 rings (SSSR count). The first-order valence-corrected chi connectivity index (χ1v) is 17.6. The Bertz CT molecular complexity index is 2200. The Balaban J connectivity index is 1.34. The van der Waals surface area contributed by atoms with E-state index in [4.69, 9.17) is 0 Å². The predicted molar refractivity (Wildman–Crippen MR) is 195 cm³/mol. The minimum Gasteiger partial charge on any atom is -0.309 e. The summed E-state index contributed by atoms with van der Waals surface area (Å²) in [4.78, 5) is 0. The molecule has 0 N–H and O–H groups in total. The van der Waals surface area contributed by atoms with Gasteiger partial charge in [-0.15, -0.1) is 0 Å². The lowest BCUT2D eigenvalue weighted by molar-refractivity contribution is 1.18. The lowest BCUT2D eigenvalue weighted by Crippen LogP contribution is -2.75. The molecule has 0 unspecified atom stereocenters. The molecule has 2 nitrogen and oxygen atoms in total. The molecule has 0 fully saturated rings. The second-order valence-corrected chi connectivity index (χ2v) is 15.4. The number of rotatable bonds is 6. The van der Waals surface area contributed by atoms with E-state index in [0.29, 0.717) is 0 Å². The summed E-state index contributed by atoms with van der Waals surface area (Å²) in [5, 5.41) is 18.3. The summed E-state index contributed by atoms with van der Waals surface area (Å²) in [5.41, 5.74) is 6.17. The molecule has 7 aromatic carbocycles. The number of nitriles is 1. The Morgan fingerprint density at radius 1 is 0.435 bits per heavy atom. The normalized spacial score (nSPS) is 11.5. The van der Waals surface area contributed by atoms with Gasteiger partial charge in [-0.05, 0) is 56.1 Å². The molecule has 3 heteroatoms. The van der Waals surface area contributed by atoms with Crippen LogP contribution in [0.4, 0.5) is 0 Å². The highest BCUT2D eigenvalue weighted by Crippen LogP contribution is 2.33. The lowest BCUT2D eigenvalue weighted by Gasteiger charge is -2.35. The van der Waals surface area contributed by atoms with Crippen LogP contribution < -0.4 is 20.7 Å². The Labute approximate surface area is 270 Å². The molecule has 46 heavy (non-hydrogen) atoms. The van der Waals surface area contributed by atoms with E-state index in [1.54, 1.807) is 0 Å². The van der Waals surface area contributed by atoms with Gasteiger partial charge in [0.15, 0.2) is 8.07 Å². The van der Waals surface area contributed by atoms with E-state index in [1.807, 2.05) is 0 Å². The van der Waals surface area contributed by atoms with Crippen LogP contribution in [-0.4, -0.2) is 12.6 Å². The van der Waals surface area contributed by atoms with Crippen molar-refractivity contribution in [1.82, 2.24) is 4.57 Å². The molecule has 0 aliphatic rings. The minimum atomic E-state index is -2.87. The van der Waals surface area contributed by atoms with Crippen LogP contribution in [0.2, 0.25) is 0 Å². The molecule has 216 valence electrons. The van der Waals surface area contributed by atoms with Crippen molar-refractivity contribution in [2.75, 3.05) is 0 Å². The number of nitrogens with zero attached hydrogens (tertiary/aromatic N) is 2. The molecule has 0 aliphatic heterocycles. The first-order valence-electron chi connectivity index (χ1n) is 15.6. The standard InChI is InChI=1S/C43H30N2Si/c44-31-40-37(32-27-29-33(30-28-32)45-41-24-12-10-21-38(41)39-22-11-13-25-42(39)45)23-14-26-43(40)46(34-15-4-1-5-16-34,35-17-6-2-7-18-35)36-19-8-3-9-20-36/h1-30H. The van der Waals surface area contributed by atoms with Gasteiger partial charge in [-0.25, -0.2) is 0 Å². The van der Waals surface area contributed by atoms with E-state index in [9.17, 15) is 5.26 Å². The third-order valence-electron chi connectivity index (χ3n) is 9.22. The van der Waals surface area contributed by atoms with Crippen LogP contribution in [0, 0.1) is 11.3 Å². The number of para-hydroxylation sites is 2. The van der Waals surface area contributed by atoms with Gasteiger partial charge in [0.25, 0.3) is 0 Å². The molecule has 0 saturated carbocycles. The number of aromatic nitrogens is 1. The lowest BCUT2D eigenvalue weighted by atomic mass is 10.00. The largest absolute Gasteiger partial charge is 0.309 e. The van der Waals surface area contributed by atoms with Crippen molar-refractivity contribution in [3.8, 4) is 22.9 Å². The van der Waals surface area contributed by atoms with Crippen molar-refractivity contribution >= 4 is 50.6 Å². The van der Waals surface area contributed by atoms with Crippen molar-refractivity contribution in [3.63, 3.8) is 0 Å². The average Bonchev–Trinajstić information content (AvgIpc) is 3.48. The van der Waals surface area contributed by atoms with Gasteiger partial charge in [0.2, 0.25) is 0 Å². The van der Waals surface area contributed by atoms with E-state index < -0.39 is 8.07 Å². The van der Waals surface area contributed by atoms with Gasteiger partial charge in [-0.3, -0.25) is 0 Å². The summed E-state index contributed by atoms with van der Waals surface area (Å²) in [5.74, 6) is 0. The summed E-state index contributed by atoms with van der Waals surface area (Å²) in [6.45, 7) is 0. The molecule has 1 aromatic heterocycles. The highest BCUT2D eigenvalue weighted by Gasteiger charge is 2.43. The minimum absolute atomic E-state index is 0.732. The molecule has 0 amide bonds. The molecule has 0 bridgehead atoms. The maximum Gasteiger partial charge on any atom is 0.180 e. The Morgan fingerprint density at radius 3 is 1.37 bits per heavy atom. The van der Waals surface area contributed by atoms with Crippen molar-refractivity contribution in [2.24, 2.45) is 0 Å². The molecular formula is C43H30N2Si. The molecular weight excluding hydrogens is 573 g/mol. The molecule has 0 radical (unpaired) electrons. The highest BCUT2D eigenvalue weighted by molar-refractivity contribution is 7.20. The number of benzene rings is 7. The van der Waals surface area contributed by atoms with Crippen LogP contribution in [0.1, 0.15) is 5.56 Å². The first kappa shape index (κ1) is 27.6. The van der Waals surface area contributed by atoms with Crippen LogP contribution in [-0.2, 0) is 0 Å². The van der Waals surface area contributed by atoms with Crippen molar-refractivity contribution in [3.05, 3.63) is 188 Å². The molecule has 0 spiro atoms. The first-order chi connectivity index (χ1) is 22.8. The molecule has 1 heterocycles. The summed E-state index contributed by atoms with van der Waals surface area (Å²) < 4.78 is 2.33. The smallest absolute Gasteiger partial charge is 0.180 e. The Hall–Kier alpha value is -5.95. The molecule has 0 saturated heterocycles. The van der Waals surface area contributed by atoms with Crippen LogP contribution >= 0.6 is 0 Å². The van der Waals surface area contributed by atoms with Gasteiger partial charge in [0, 0.05) is 16.5 Å². The van der Waals surface area contributed by atoms with E-state index in [2.05, 4.69) is 193 Å².